The summed E-state index contributed by atoms with van der Waals surface area (Å²) in [6.45, 7) is 3.44. The highest BCUT2D eigenvalue weighted by atomic mass is 35.5. The van der Waals surface area contributed by atoms with Crippen LogP contribution in [0, 0.1) is 11.8 Å². The lowest BCUT2D eigenvalue weighted by Crippen LogP contribution is -2.50. The monoisotopic (exact) mass is 351 g/mol. The lowest BCUT2D eigenvalue weighted by atomic mass is 9.72. The molecule has 1 heterocycles. The molecule has 1 unspecified atom stereocenters. The first kappa shape index (κ1) is 17.4. The van der Waals surface area contributed by atoms with Gasteiger partial charge in [-0.15, -0.1) is 11.6 Å². The quantitative estimate of drug-likeness (QED) is 0.578. The molecule has 0 radical (unpaired) electrons. The molecule has 0 aromatic carbocycles. The lowest BCUT2D eigenvalue weighted by molar-refractivity contribution is -0.0773. The van der Waals surface area contributed by atoms with E-state index in [0.717, 1.165) is 57.5 Å². The zero-order chi connectivity index (χ0) is 16.6. The molecule has 0 aromatic rings. The normalized spacial score (nSPS) is 37.5. The number of aliphatic hydroxyl groups is 1. The second kappa shape index (κ2) is 7.29. The van der Waals surface area contributed by atoms with Gasteiger partial charge < -0.3 is 10.0 Å². The van der Waals surface area contributed by atoms with Crippen LogP contribution in [-0.2, 0) is 0 Å². The molecule has 1 atom stereocenters. The Morgan fingerprint density at radius 1 is 1.00 bits per heavy atom. The Morgan fingerprint density at radius 3 is 2.33 bits per heavy atom. The average Bonchev–Trinajstić information content (AvgIpc) is 3.38. The maximum absolute atomic E-state index is 11.1. The van der Waals surface area contributed by atoms with Gasteiger partial charge in [-0.2, -0.15) is 0 Å². The van der Waals surface area contributed by atoms with Crippen molar-refractivity contribution in [3.05, 3.63) is 11.1 Å². The molecule has 0 amide bonds. The van der Waals surface area contributed by atoms with Crippen molar-refractivity contribution in [1.82, 2.24) is 4.90 Å². The van der Waals surface area contributed by atoms with Crippen molar-refractivity contribution in [2.24, 2.45) is 11.8 Å². The number of halogens is 1. The van der Waals surface area contributed by atoms with Crippen molar-refractivity contribution in [2.45, 2.75) is 88.0 Å². The molecule has 3 saturated carbocycles. The highest BCUT2D eigenvalue weighted by Crippen LogP contribution is 2.46. The predicted octanol–water partition coefficient (Wildman–Crippen LogP) is 4.89. The number of piperidine rings is 1. The van der Waals surface area contributed by atoms with Crippen LogP contribution in [0.4, 0.5) is 0 Å². The Kier molecular flexibility index (Phi) is 5.27. The van der Waals surface area contributed by atoms with E-state index < -0.39 is 5.60 Å². The minimum Gasteiger partial charge on any atom is -0.390 e. The lowest BCUT2D eigenvalue weighted by Gasteiger charge is -2.45. The molecule has 136 valence electrons. The molecule has 4 fully saturated rings. The summed E-state index contributed by atoms with van der Waals surface area (Å²) in [6.07, 6.45) is 14.8. The van der Waals surface area contributed by atoms with E-state index in [1.165, 1.54) is 45.1 Å². The summed E-state index contributed by atoms with van der Waals surface area (Å²) in [4.78, 5) is 2.63. The fourth-order valence-corrected chi connectivity index (χ4v) is 5.80. The number of hydrogen-bond acceptors (Lipinski definition) is 2. The van der Waals surface area contributed by atoms with E-state index in [1.807, 2.05) is 11.1 Å². The molecule has 0 spiro atoms. The van der Waals surface area contributed by atoms with Gasteiger partial charge in [-0.25, -0.2) is 0 Å². The van der Waals surface area contributed by atoms with E-state index in [9.17, 15) is 5.11 Å². The summed E-state index contributed by atoms with van der Waals surface area (Å²) in [7, 11) is 0. The van der Waals surface area contributed by atoms with Crippen molar-refractivity contribution in [3.8, 4) is 0 Å². The van der Waals surface area contributed by atoms with Gasteiger partial charge in [-0.1, -0.05) is 17.6 Å². The van der Waals surface area contributed by atoms with Crippen molar-refractivity contribution in [1.29, 1.82) is 0 Å². The molecule has 4 rings (SSSR count). The van der Waals surface area contributed by atoms with E-state index in [2.05, 4.69) is 4.90 Å². The van der Waals surface area contributed by atoms with Crippen LogP contribution < -0.4 is 0 Å². The van der Waals surface area contributed by atoms with Crippen LogP contribution in [-0.4, -0.2) is 40.6 Å². The third-order valence-electron chi connectivity index (χ3n) is 7.33. The number of rotatable bonds is 3. The largest absolute Gasteiger partial charge is 0.390 e. The van der Waals surface area contributed by atoms with Gasteiger partial charge >= 0.3 is 0 Å². The summed E-state index contributed by atoms with van der Waals surface area (Å²) < 4.78 is 0. The molecule has 0 aromatic heterocycles. The Labute approximate surface area is 152 Å². The van der Waals surface area contributed by atoms with Crippen LogP contribution in [0.1, 0.15) is 77.0 Å². The summed E-state index contributed by atoms with van der Waals surface area (Å²) in [5, 5.41) is 11.5. The van der Waals surface area contributed by atoms with Crippen molar-refractivity contribution < 1.29 is 5.11 Å². The molecule has 1 saturated heterocycles. The van der Waals surface area contributed by atoms with Gasteiger partial charge in [-0.05, 0) is 82.5 Å². The molecular weight excluding hydrogens is 318 g/mol. The maximum Gasteiger partial charge on any atom is 0.0700 e. The van der Waals surface area contributed by atoms with Crippen LogP contribution in [0.25, 0.3) is 0 Å². The van der Waals surface area contributed by atoms with Gasteiger partial charge in [0.1, 0.15) is 0 Å². The summed E-state index contributed by atoms with van der Waals surface area (Å²) in [5.41, 5.74) is 3.23. The fraction of sp³-hybridized carbons (Fsp3) is 0.905. The first-order chi connectivity index (χ1) is 11.6. The summed E-state index contributed by atoms with van der Waals surface area (Å²) >= 11 is 6.24. The SMILES string of the molecule is OC1(C2CCC(Cl)CC2)CCN(CC2CC2=C2CCCCC2)CC1. The van der Waals surface area contributed by atoms with Crippen molar-refractivity contribution in [3.63, 3.8) is 0 Å². The number of alkyl halides is 1. The zero-order valence-corrected chi connectivity index (χ0v) is 15.9. The van der Waals surface area contributed by atoms with E-state index in [1.54, 1.807) is 0 Å². The highest BCUT2D eigenvalue weighted by molar-refractivity contribution is 6.20. The van der Waals surface area contributed by atoms with Gasteiger partial charge in [-0.3, -0.25) is 0 Å². The van der Waals surface area contributed by atoms with E-state index in [0.29, 0.717) is 11.3 Å². The first-order valence-corrected chi connectivity index (χ1v) is 10.9. The standard InChI is InChI=1S/C21H34ClNO/c22-19-8-6-18(7-9-19)21(24)10-12-23(13-11-21)15-17-14-20(17)16-4-2-1-3-5-16/h17-19,24H,1-15H2. The Balaban J connectivity index is 1.25. The molecule has 0 bridgehead atoms. The van der Waals surface area contributed by atoms with Gasteiger partial charge in [0.2, 0.25) is 0 Å². The summed E-state index contributed by atoms with van der Waals surface area (Å²) in [5.74, 6) is 1.35. The summed E-state index contributed by atoms with van der Waals surface area (Å²) in [6, 6.07) is 0. The average molecular weight is 352 g/mol. The van der Waals surface area contributed by atoms with Gasteiger partial charge in [0.25, 0.3) is 0 Å². The molecule has 1 N–H and O–H groups in total. The van der Waals surface area contributed by atoms with Crippen molar-refractivity contribution >= 4 is 11.6 Å². The molecule has 4 aliphatic rings. The molecule has 1 aliphatic heterocycles. The highest BCUT2D eigenvalue weighted by Gasteiger charge is 2.42. The van der Waals surface area contributed by atoms with Gasteiger partial charge in [0.05, 0.1) is 5.60 Å². The molecular formula is C21H34ClNO. The zero-order valence-electron chi connectivity index (χ0n) is 15.1. The van der Waals surface area contributed by atoms with Crippen LogP contribution in [0.2, 0.25) is 0 Å². The van der Waals surface area contributed by atoms with Crippen LogP contribution >= 0.6 is 11.6 Å². The minimum absolute atomic E-state index is 0.353. The Morgan fingerprint density at radius 2 is 1.67 bits per heavy atom. The molecule has 3 heteroatoms. The second-order valence-electron chi connectivity index (χ2n) is 8.94. The topological polar surface area (TPSA) is 23.5 Å². The van der Waals surface area contributed by atoms with Gasteiger partial charge in [0, 0.05) is 25.0 Å². The van der Waals surface area contributed by atoms with Crippen LogP contribution in [0.15, 0.2) is 11.1 Å². The third-order valence-corrected chi connectivity index (χ3v) is 7.76. The second-order valence-corrected chi connectivity index (χ2v) is 9.56. The molecule has 24 heavy (non-hydrogen) atoms. The Hall–Kier alpha value is -0.0500. The Bertz CT molecular complexity index is 464. The van der Waals surface area contributed by atoms with E-state index in [-0.39, 0.29) is 0 Å². The third kappa shape index (κ3) is 3.86. The van der Waals surface area contributed by atoms with E-state index in [4.69, 9.17) is 11.6 Å². The molecule has 3 aliphatic carbocycles. The fourth-order valence-electron chi connectivity index (χ4n) is 5.55. The van der Waals surface area contributed by atoms with Crippen molar-refractivity contribution in [2.75, 3.05) is 19.6 Å². The predicted molar refractivity (Wildman–Crippen MR) is 100 cm³/mol. The maximum atomic E-state index is 11.1. The number of allylic oxidation sites excluding steroid dienone is 1. The number of hydrogen-bond donors (Lipinski definition) is 1. The number of nitrogens with zero attached hydrogens (tertiary/aromatic N) is 1. The first-order valence-electron chi connectivity index (χ1n) is 10.4. The van der Waals surface area contributed by atoms with Crippen LogP contribution in [0.5, 0.6) is 0 Å². The van der Waals surface area contributed by atoms with Gasteiger partial charge in [0.15, 0.2) is 0 Å². The van der Waals surface area contributed by atoms with Crippen LogP contribution in [0.3, 0.4) is 0 Å². The molecule has 2 nitrogen and oxygen atoms in total. The smallest absolute Gasteiger partial charge is 0.0700 e. The number of likely N-dealkylation sites (tertiary alicyclic amines) is 1. The minimum atomic E-state index is -0.401. The van der Waals surface area contributed by atoms with E-state index >= 15 is 0 Å².